The Morgan fingerprint density at radius 2 is 1.81 bits per heavy atom. The molecule has 112 valence electrons. The molecular formula is C15H20N3O3+. The molecule has 3 N–H and O–H groups in total. The van der Waals surface area contributed by atoms with E-state index in [1.807, 2.05) is 17.3 Å². The summed E-state index contributed by atoms with van der Waals surface area (Å²) in [6, 6.07) is 6.32. The van der Waals surface area contributed by atoms with Crippen LogP contribution in [-0.2, 0) is 0 Å². The fourth-order valence-electron chi connectivity index (χ4n) is 2.07. The molecule has 1 atom stereocenters. The Morgan fingerprint density at radius 3 is 2.29 bits per heavy atom. The molecule has 0 radical (unpaired) electrons. The van der Waals surface area contributed by atoms with Crippen molar-refractivity contribution in [2.75, 3.05) is 20.6 Å². The molecule has 1 aliphatic rings. The molecule has 0 saturated heterocycles. The maximum absolute atomic E-state index is 12.1. The highest BCUT2D eigenvalue weighted by atomic mass is 16.8. The number of rotatable bonds is 5. The van der Waals surface area contributed by atoms with Crippen molar-refractivity contribution in [2.45, 2.75) is 6.04 Å². The molecule has 0 amide bonds. The zero-order valence-corrected chi connectivity index (χ0v) is 12.1. The van der Waals surface area contributed by atoms with Gasteiger partial charge in [-0.1, -0.05) is 0 Å². The van der Waals surface area contributed by atoms with Gasteiger partial charge in [-0.25, -0.2) is 5.21 Å². The monoisotopic (exact) mass is 290 g/mol. The van der Waals surface area contributed by atoms with Crippen LogP contribution in [-0.4, -0.2) is 42.6 Å². The molecule has 0 spiro atoms. The first-order valence-corrected chi connectivity index (χ1v) is 6.76. The number of carbonyl (C=O) groups excluding carboxylic acids is 1. The van der Waals surface area contributed by atoms with Gasteiger partial charge in [0.25, 0.3) is 0 Å². The van der Waals surface area contributed by atoms with Crippen molar-refractivity contribution < 1.29 is 20.1 Å². The Balaban J connectivity index is 1.96. The van der Waals surface area contributed by atoms with Gasteiger partial charge in [-0.05, 0) is 24.3 Å². The van der Waals surface area contributed by atoms with Gasteiger partial charge >= 0.3 is 0 Å². The van der Waals surface area contributed by atoms with E-state index in [1.165, 1.54) is 17.0 Å². The Labute approximate surface area is 123 Å². The lowest BCUT2D eigenvalue weighted by atomic mass is 10.1. The summed E-state index contributed by atoms with van der Waals surface area (Å²) in [6.07, 6.45) is 7.91. The largest absolute Gasteiger partial charge is 0.595 e. The van der Waals surface area contributed by atoms with Gasteiger partial charge in [0.2, 0.25) is 0 Å². The number of benzene rings is 1. The van der Waals surface area contributed by atoms with E-state index in [2.05, 4.69) is 26.2 Å². The molecule has 2 rings (SSSR count). The lowest BCUT2D eigenvalue weighted by Crippen LogP contribution is -3.09. The molecule has 0 bridgehead atoms. The van der Waals surface area contributed by atoms with Crippen LogP contribution in [0.15, 0.2) is 48.8 Å². The Bertz CT molecular complexity index is 536. The Hall–Kier alpha value is -1.99. The fourth-order valence-corrected chi connectivity index (χ4v) is 2.07. The van der Waals surface area contributed by atoms with Crippen LogP contribution in [0.4, 0.5) is 5.69 Å². The van der Waals surface area contributed by atoms with Crippen LogP contribution in [0, 0.1) is 5.21 Å². The highest BCUT2D eigenvalue weighted by molar-refractivity contribution is 5.97. The summed E-state index contributed by atoms with van der Waals surface area (Å²) >= 11 is 0. The molecule has 1 unspecified atom stereocenters. The highest BCUT2D eigenvalue weighted by Gasteiger charge is 2.15. The van der Waals surface area contributed by atoms with Crippen LogP contribution in [0.1, 0.15) is 10.4 Å². The predicted octanol–water partition coefficient (Wildman–Crippen LogP) is -0.871. The number of quaternary nitrogens is 2. The third-order valence-electron chi connectivity index (χ3n) is 3.42. The highest BCUT2D eigenvalue weighted by Crippen LogP contribution is 2.09. The molecule has 0 fully saturated rings. The maximum atomic E-state index is 12.1. The van der Waals surface area contributed by atoms with Crippen molar-refractivity contribution in [1.82, 2.24) is 4.90 Å². The second-order valence-electron chi connectivity index (χ2n) is 5.26. The number of ketones is 1. The molecule has 1 aliphatic heterocycles. The number of hydrogen-bond donors (Lipinski definition) is 3. The Morgan fingerprint density at radius 1 is 1.24 bits per heavy atom. The van der Waals surface area contributed by atoms with E-state index < -0.39 is 5.23 Å². The second kappa shape index (κ2) is 6.64. The van der Waals surface area contributed by atoms with Gasteiger partial charge in [0, 0.05) is 30.1 Å². The van der Waals surface area contributed by atoms with Gasteiger partial charge in [-0.3, -0.25) is 4.79 Å². The van der Waals surface area contributed by atoms with E-state index in [4.69, 9.17) is 5.21 Å². The number of hydrogen-bond acceptors (Lipinski definition) is 4. The molecule has 1 heterocycles. The topological polar surface area (TPSA) is 72.5 Å². The number of nitrogens with zero attached hydrogens (tertiary/aromatic N) is 1. The normalized spacial score (nSPS) is 16.5. The molecule has 21 heavy (non-hydrogen) atoms. The summed E-state index contributed by atoms with van der Waals surface area (Å²) in [5.74, 6) is -0.0445. The Kier molecular flexibility index (Phi) is 4.87. The van der Waals surface area contributed by atoms with Crippen molar-refractivity contribution in [2.24, 2.45) is 0 Å². The van der Waals surface area contributed by atoms with Gasteiger partial charge in [0.05, 0.1) is 20.6 Å². The zero-order valence-electron chi connectivity index (χ0n) is 12.1. The SMILES string of the molecule is C[NH+](C)C1C=CN(CC(=O)c2ccc([NH+]([O-])O)cc2)C=C1. The first kappa shape index (κ1) is 15.4. The molecule has 1 aromatic carbocycles. The maximum Gasteiger partial charge on any atom is 0.182 e. The lowest BCUT2D eigenvalue weighted by Gasteiger charge is -2.23. The summed E-state index contributed by atoms with van der Waals surface area (Å²) in [6.45, 7) is 0.245. The van der Waals surface area contributed by atoms with Crippen LogP contribution < -0.4 is 10.1 Å². The summed E-state index contributed by atoms with van der Waals surface area (Å²) in [7, 11) is 4.15. The van der Waals surface area contributed by atoms with Gasteiger partial charge in [0.1, 0.15) is 6.04 Å². The molecule has 6 nitrogen and oxygen atoms in total. The van der Waals surface area contributed by atoms with Gasteiger partial charge < -0.3 is 15.0 Å². The first-order valence-electron chi connectivity index (χ1n) is 6.76. The predicted molar refractivity (Wildman–Crippen MR) is 78.1 cm³/mol. The van der Waals surface area contributed by atoms with E-state index in [0.29, 0.717) is 11.6 Å². The molecule has 1 aromatic rings. The van der Waals surface area contributed by atoms with E-state index in [9.17, 15) is 10.0 Å². The van der Waals surface area contributed by atoms with Gasteiger partial charge in [-0.15, -0.1) is 0 Å². The van der Waals surface area contributed by atoms with Gasteiger partial charge in [0.15, 0.2) is 11.5 Å². The van der Waals surface area contributed by atoms with Crippen LogP contribution in [0.25, 0.3) is 0 Å². The van der Waals surface area contributed by atoms with Crippen molar-refractivity contribution in [1.29, 1.82) is 0 Å². The van der Waals surface area contributed by atoms with Crippen LogP contribution in [0.5, 0.6) is 0 Å². The number of carbonyl (C=O) groups is 1. The quantitative estimate of drug-likeness (QED) is 0.487. The van der Waals surface area contributed by atoms with Crippen molar-refractivity contribution >= 4 is 11.5 Å². The zero-order chi connectivity index (χ0) is 15.4. The molecule has 6 heteroatoms. The summed E-state index contributed by atoms with van der Waals surface area (Å²) < 4.78 is 0. The van der Waals surface area contributed by atoms with E-state index in [1.54, 1.807) is 12.1 Å². The lowest BCUT2D eigenvalue weighted by molar-refractivity contribution is -0.991. The second-order valence-corrected chi connectivity index (χ2v) is 5.26. The number of Topliss-reactive ketones (excluding diaryl/α,β-unsaturated/α-hetero) is 1. The van der Waals surface area contributed by atoms with E-state index >= 15 is 0 Å². The minimum Gasteiger partial charge on any atom is -0.595 e. The van der Waals surface area contributed by atoms with Crippen molar-refractivity contribution in [3.8, 4) is 0 Å². The summed E-state index contributed by atoms with van der Waals surface area (Å²) in [4.78, 5) is 15.3. The third-order valence-corrected chi connectivity index (χ3v) is 3.42. The fraction of sp³-hybridized carbons (Fsp3) is 0.267. The van der Waals surface area contributed by atoms with Crippen molar-refractivity contribution in [3.63, 3.8) is 0 Å². The summed E-state index contributed by atoms with van der Waals surface area (Å²) in [5.41, 5.74) is 0.697. The first-order chi connectivity index (χ1) is 9.97. The number of nitrogens with one attached hydrogen (secondary N) is 2. The standard InChI is InChI=1S/C15H19N3O3/c1-16(2)13-7-9-17(10-8-13)11-15(19)12-3-5-14(6-4-12)18(20)21/h3-10,13,18,20H,11H2,1-2H3/p+1. The van der Waals surface area contributed by atoms with Crippen LogP contribution in [0.2, 0.25) is 0 Å². The average molecular weight is 290 g/mol. The number of likely N-dealkylation sites (N-methyl/N-ethyl adjacent to an activating group) is 1. The molecule has 0 saturated carbocycles. The smallest absolute Gasteiger partial charge is 0.182 e. The minimum atomic E-state index is -0.992. The van der Waals surface area contributed by atoms with E-state index in [0.717, 1.165) is 0 Å². The molecule has 0 aromatic heterocycles. The van der Waals surface area contributed by atoms with Crippen LogP contribution >= 0.6 is 0 Å². The van der Waals surface area contributed by atoms with Crippen molar-refractivity contribution in [3.05, 3.63) is 59.6 Å². The van der Waals surface area contributed by atoms with E-state index in [-0.39, 0.29) is 18.0 Å². The van der Waals surface area contributed by atoms with Gasteiger partial charge in [-0.2, -0.15) is 5.23 Å². The molecule has 0 aliphatic carbocycles. The average Bonchev–Trinajstić information content (AvgIpc) is 2.47. The molecular weight excluding hydrogens is 270 g/mol. The minimum absolute atomic E-state index is 0.0445. The van der Waals surface area contributed by atoms with Crippen LogP contribution in [0.3, 0.4) is 0 Å². The third kappa shape index (κ3) is 3.99. The summed E-state index contributed by atoms with van der Waals surface area (Å²) in [5, 5.41) is 18.6.